The molecule has 2 heterocycles. The van der Waals surface area contributed by atoms with Crippen LogP contribution in [0.4, 0.5) is 0 Å². The number of sulfonamides is 1. The van der Waals surface area contributed by atoms with Crippen LogP contribution in [-0.2, 0) is 15.4 Å². The van der Waals surface area contributed by atoms with Gasteiger partial charge in [0.15, 0.2) is 10.8 Å². The van der Waals surface area contributed by atoms with Gasteiger partial charge in [-0.3, -0.25) is 4.40 Å². The standard InChI is InChI=1S/C23H32N4O3S2/c1-6-26(7-2)32(28,29)20-13-14-21-24-25-22(27(21)17-20)31-16-8-15-30-19-11-9-18(10-12-19)23(3,4)5/h9-14,17H,6-8,15-16H2,1-5H3. The number of fused-ring (bicyclic) bond motifs is 1. The highest BCUT2D eigenvalue weighted by atomic mass is 32.2. The van der Waals surface area contributed by atoms with Crippen LogP contribution < -0.4 is 4.74 Å². The maximum Gasteiger partial charge on any atom is 0.244 e. The number of hydrogen-bond acceptors (Lipinski definition) is 6. The van der Waals surface area contributed by atoms with Crippen molar-refractivity contribution in [2.45, 2.75) is 56.5 Å². The number of rotatable bonds is 10. The highest BCUT2D eigenvalue weighted by Crippen LogP contribution is 2.25. The van der Waals surface area contributed by atoms with E-state index in [0.717, 1.165) is 17.9 Å². The number of thioether (sulfide) groups is 1. The van der Waals surface area contributed by atoms with Crippen molar-refractivity contribution < 1.29 is 13.2 Å². The summed E-state index contributed by atoms with van der Waals surface area (Å²) in [7, 11) is -3.53. The molecule has 0 aliphatic carbocycles. The molecule has 0 unspecified atom stereocenters. The Morgan fingerprint density at radius 2 is 1.72 bits per heavy atom. The van der Waals surface area contributed by atoms with E-state index in [1.165, 1.54) is 21.6 Å². The third-order valence-corrected chi connectivity index (χ3v) is 8.26. The summed E-state index contributed by atoms with van der Waals surface area (Å²) in [6.45, 7) is 11.7. The van der Waals surface area contributed by atoms with Gasteiger partial charge in [-0.05, 0) is 41.7 Å². The monoisotopic (exact) mass is 476 g/mol. The quantitative estimate of drug-likeness (QED) is 0.314. The average Bonchev–Trinajstić information content (AvgIpc) is 3.16. The van der Waals surface area contributed by atoms with Crippen LogP contribution in [0.15, 0.2) is 52.6 Å². The van der Waals surface area contributed by atoms with Crippen LogP contribution in [0.3, 0.4) is 0 Å². The average molecular weight is 477 g/mol. The van der Waals surface area contributed by atoms with Gasteiger partial charge in [-0.25, -0.2) is 8.42 Å². The van der Waals surface area contributed by atoms with Crippen molar-refractivity contribution in [1.82, 2.24) is 18.9 Å². The Kier molecular flexibility index (Phi) is 7.84. The Bertz CT molecular complexity index is 1130. The van der Waals surface area contributed by atoms with Gasteiger partial charge >= 0.3 is 0 Å². The van der Waals surface area contributed by atoms with E-state index in [1.807, 2.05) is 26.0 Å². The largest absolute Gasteiger partial charge is 0.494 e. The fourth-order valence-corrected chi connectivity index (χ4v) is 5.56. The van der Waals surface area contributed by atoms with E-state index in [2.05, 4.69) is 43.1 Å². The van der Waals surface area contributed by atoms with Crippen LogP contribution >= 0.6 is 11.8 Å². The van der Waals surface area contributed by atoms with Gasteiger partial charge in [0.2, 0.25) is 10.0 Å². The van der Waals surface area contributed by atoms with E-state index in [0.29, 0.717) is 30.5 Å². The summed E-state index contributed by atoms with van der Waals surface area (Å²) in [5, 5.41) is 9.05. The van der Waals surface area contributed by atoms with Crippen molar-refractivity contribution in [2.24, 2.45) is 0 Å². The van der Waals surface area contributed by atoms with Gasteiger partial charge in [-0.2, -0.15) is 4.31 Å². The minimum atomic E-state index is -3.53. The van der Waals surface area contributed by atoms with Crippen molar-refractivity contribution in [3.05, 3.63) is 48.2 Å². The summed E-state index contributed by atoms with van der Waals surface area (Å²) in [4.78, 5) is 0.248. The molecule has 0 N–H and O–H groups in total. The van der Waals surface area contributed by atoms with Gasteiger partial charge in [0.05, 0.1) is 11.5 Å². The second-order valence-electron chi connectivity index (χ2n) is 8.49. The van der Waals surface area contributed by atoms with Crippen LogP contribution in [-0.4, -0.2) is 52.8 Å². The van der Waals surface area contributed by atoms with Gasteiger partial charge < -0.3 is 4.74 Å². The zero-order chi connectivity index (χ0) is 23.4. The number of hydrogen-bond donors (Lipinski definition) is 0. The first-order valence-corrected chi connectivity index (χ1v) is 13.3. The van der Waals surface area contributed by atoms with Crippen LogP contribution in [0.25, 0.3) is 5.65 Å². The van der Waals surface area contributed by atoms with E-state index in [-0.39, 0.29) is 10.3 Å². The molecule has 0 saturated heterocycles. The molecule has 9 heteroatoms. The van der Waals surface area contributed by atoms with Gasteiger partial charge in [-0.15, -0.1) is 10.2 Å². The molecule has 7 nitrogen and oxygen atoms in total. The van der Waals surface area contributed by atoms with Crippen molar-refractivity contribution in [3.63, 3.8) is 0 Å². The van der Waals surface area contributed by atoms with Gasteiger partial charge in [0.25, 0.3) is 0 Å². The van der Waals surface area contributed by atoms with Gasteiger partial charge in [-0.1, -0.05) is 58.5 Å². The molecule has 0 fully saturated rings. The van der Waals surface area contributed by atoms with Gasteiger partial charge in [0.1, 0.15) is 5.75 Å². The summed E-state index contributed by atoms with van der Waals surface area (Å²) in [6, 6.07) is 11.5. The van der Waals surface area contributed by atoms with Crippen molar-refractivity contribution in [1.29, 1.82) is 0 Å². The lowest BCUT2D eigenvalue weighted by atomic mass is 9.87. The zero-order valence-corrected chi connectivity index (χ0v) is 21.0. The fourth-order valence-electron chi connectivity index (χ4n) is 3.28. The lowest BCUT2D eigenvalue weighted by Crippen LogP contribution is -2.30. The van der Waals surface area contributed by atoms with Crippen LogP contribution in [0.5, 0.6) is 5.75 Å². The molecule has 3 rings (SSSR count). The van der Waals surface area contributed by atoms with Crippen molar-refractivity contribution in [2.75, 3.05) is 25.4 Å². The first-order valence-electron chi connectivity index (χ1n) is 10.9. The summed E-state index contributed by atoms with van der Waals surface area (Å²) in [5.41, 5.74) is 2.03. The molecule has 0 spiro atoms. The summed E-state index contributed by atoms with van der Waals surface area (Å²) < 4.78 is 34.7. The predicted molar refractivity (Wildman–Crippen MR) is 129 cm³/mol. The van der Waals surface area contributed by atoms with Crippen molar-refractivity contribution in [3.8, 4) is 5.75 Å². The minimum Gasteiger partial charge on any atom is -0.494 e. The second-order valence-corrected chi connectivity index (χ2v) is 11.5. The summed E-state index contributed by atoms with van der Waals surface area (Å²) >= 11 is 1.54. The number of pyridine rings is 1. The zero-order valence-electron chi connectivity index (χ0n) is 19.4. The molecule has 0 atom stereocenters. The number of nitrogens with zero attached hydrogens (tertiary/aromatic N) is 4. The van der Waals surface area contributed by atoms with E-state index >= 15 is 0 Å². The molecular weight excluding hydrogens is 444 g/mol. The normalized spacial score (nSPS) is 12.6. The summed E-state index contributed by atoms with van der Waals surface area (Å²) in [5.74, 6) is 1.65. The SMILES string of the molecule is CCN(CC)S(=O)(=O)c1ccc2nnc(SCCCOc3ccc(C(C)(C)C)cc3)n2c1. The molecule has 0 saturated carbocycles. The molecule has 0 amide bonds. The highest BCUT2D eigenvalue weighted by molar-refractivity contribution is 7.99. The molecule has 2 aromatic heterocycles. The first kappa shape index (κ1) is 24.5. The summed E-state index contributed by atoms with van der Waals surface area (Å²) in [6.07, 6.45) is 2.44. The fraction of sp³-hybridized carbons (Fsp3) is 0.478. The number of benzene rings is 1. The van der Waals surface area contributed by atoms with Crippen LogP contribution in [0, 0.1) is 0 Å². The molecule has 1 aromatic carbocycles. The van der Waals surface area contributed by atoms with Crippen molar-refractivity contribution >= 4 is 27.4 Å². The maximum absolute atomic E-state index is 12.8. The molecule has 3 aromatic rings. The molecule has 174 valence electrons. The third kappa shape index (κ3) is 5.63. The Balaban J connectivity index is 1.58. The third-order valence-electron chi connectivity index (χ3n) is 5.20. The molecular formula is C23H32N4O3S2. The number of aromatic nitrogens is 3. The smallest absolute Gasteiger partial charge is 0.244 e. The predicted octanol–water partition coefficient (Wildman–Crippen LogP) is 4.62. The van der Waals surface area contributed by atoms with E-state index in [9.17, 15) is 8.42 Å². The lowest BCUT2D eigenvalue weighted by Gasteiger charge is -2.19. The lowest BCUT2D eigenvalue weighted by molar-refractivity contribution is 0.318. The molecule has 32 heavy (non-hydrogen) atoms. The molecule has 0 bridgehead atoms. The van der Waals surface area contributed by atoms with E-state index in [4.69, 9.17) is 4.74 Å². The highest BCUT2D eigenvalue weighted by Gasteiger charge is 2.22. The Labute approximate surface area is 195 Å². The Morgan fingerprint density at radius 3 is 2.34 bits per heavy atom. The molecule has 0 aliphatic rings. The van der Waals surface area contributed by atoms with E-state index in [1.54, 1.807) is 22.7 Å². The Hall–Kier alpha value is -2.10. The Morgan fingerprint density at radius 1 is 1.03 bits per heavy atom. The number of ether oxygens (including phenoxy) is 1. The topological polar surface area (TPSA) is 76.8 Å². The minimum absolute atomic E-state index is 0.126. The second kappa shape index (κ2) is 10.2. The van der Waals surface area contributed by atoms with Crippen LogP contribution in [0.2, 0.25) is 0 Å². The van der Waals surface area contributed by atoms with Crippen LogP contribution in [0.1, 0.15) is 46.6 Å². The molecule has 0 aliphatic heterocycles. The maximum atomic E-state index is 12.8. The van der Waals surface area contributed by atoms with Gasteiger partial charge in [0, 0.05) is 25.0 Å². The molecule has 0 radical (unpaired) electrons. The van der Waals surface area contributed by atoms with E-state index < -0.39 is 10.0 Å². The first-order chi connectivity index (χ1) is 15.2.